The first kappa shape index (κ1) is 17.1. The molecule has 0 radical (unpaired) electrons. The van der Waals surface area contributed by atoms with Gasteiger partial charge in [-0.1, -0.05) is 34.6 Å². The summed E-state index contributed by atoms with van der Waals surface area (Å²) in [4.78, 5) is 9.44. The van der Waals surface area contributed by atoms with Gasteiger partial charge in [0.05, 0.1) is 0 Å². The third kappa shape index (κ3) is 4.86. The highest BCUT2D eigenvalue weighted by Crippen LogP contribution is 2.20. The molecule has 3 heteroatoms. The van der Waals surface area contributed by atoms with Gasteiger partial charge in [-0.2, -0.15) is 0 Å². The normalized spacial score (nSPS) is 14.6. The highest BCUT2D eigenvalue weighted by atomic mass is 14.9. The second-order valence-electron chi connectivity index (χ2n) is 6.41. The number of hydrogen-bond acceptors (Lipinski definition) is 3. The first-order chi connectivity index (χ1) is 9.35. The van der Waals surface area contributed by atoms with Crippen molar-refractivity contribution in [3.8, 4) is 0 Å². The van der Waals surface area contributed by atoms with Crippen molar-refractivity contribution in [2.24, 2.45) is 5.92 Å². The molecule has 1 rings (SSSR count). The van der Waals surface area contributed by atoms with Gasteiger partial charge in [0.1, 0.15) is 5.82 Å². The Bertz CT molecular complexity index is 403. The summed E-state index contributed by atoms with van der Waals surface area (Å²) in [6, 6.07) is 0.545. The summed E-state index contributed by atoms with van der Waals surface area (Å²) in [5.74, 6) is 2.05. The second kappa shape index (κ2) is 7.72. The maximum atomic E-state index is 4.72. The van der Waals surface area contributed by atoms with Gasteiger partial charge in [0.15, 0.2) is 0 Å². The Kier molecular flexibility index (Phi) is 6.60. The summed E-state index contributed by atoms with van der Waals surface area (Å²) in [5, 5.41) is 3.50. The Morgan fingerprint density at radius 3 is 2.00 bits per heavy atom. The summed E-state index contributed by atoms with van der Waals surface area (Å²) < 4.78 is 0. The van der Waals surface area contributed by atoms with Gasteiger partial charge >= 0.3 is 0 Å². The molecule has 0 aliphatic carbocycles. The van der Waals surface area contributed by atoms with Gasteiger partial charge in [0.2, 0.25) is 0 Å². The number of hydrogen-bond donors (Lipinski definition) is 1. The van der Waals surface area contributed by atoms with Crippen molar-refractivity contribution in [1.29, 1.82) is 0 Å². The molecule has 20 heavy (non-hydrogen) atoms. The average Bonchev–Trinajstić information content (AvgIpc) is 2.39. The van der Waals surface area contributed by atoms with E-state index < -0.39 is 0 Å². The van der Waals surface area contributed by atoms with Gasteiger partial charge in [-0.3, -0.25) is 0 Å². The Morgan fingerprint density at radius 2 is 1.55 bits per heavy atom. The Morgan fingerprint density at radius 1 is 1.00 bits per heavy atom. The molecule has 2 atom stereocenters. The van der Waals surface area contributed by atoms with E-state index in [2.05, 4.69) is 53.8 Å². The number of nitrogens with zero attached hydrogens (tertiary/aromatic N) is 2. The van der Waals surface area contributed by atoms with Crippen LogP contribution in [0.2, 0.25) is 0 Å². The van der Waals surface area contributed by atoms with Crippen LogP contribution in [0.5, 0.6) is 0 Å². The maximum absolute atomic E-state index is 4.72. The Hall–Kier alpha value is -0.960. The van der Waals surface area contributed by atoms with Crippen LogP contribution in [0.25, 0.3) is 0 Å². The molecule has 0 aliphatic rings. The second-order valence-corrected chi connectivity index (χ2v) is 6.41. The van der Waals surface area contributed by atoms with Gasteiger partial charge in [-0.15, -0.1) is 0 Å². The van der Waals surface area contributed by atoms with Crippen molar-refractivity contribution >= 4 is 0 Å². The minimum absolute atomic E-state index is 0.446. The molecule has 114 valence electrons. The van der Waals surface area contributed by atoms with E-state index in [0.29, 0.717) is 17.9 Å². The molecule has 0 bridgehead atoms. The van der Waals surface area contributed by atoms with Gasteiger partial charge in [-0.05, 0) is 44.7 Å². The first-order valence-electron chi connectivity index (χ1n) is 7.92. The highest BCUT2D eigenvalue weighted by Gasteiger charge is 2.14. The molecule has 0 saturated heterocycles. The molecule has 1 aromatic rings. The van der Waals surface area contributed by atoms with E-state index in [1.54, 1.807) is 0 Å². The molecule has 0 amide bonds. The van der Waals surface area contributed by atoms with Crippen molar-refractivity contribution in [3.05, 3.63) is 22.8 Å². The van der Waals surface area contributed by atoms with Gasteiger partial charge in [-0.25, -0.2) is 9.97 Å². The number of rotatable bonds is 7. The monoisotopic (exact) mass is 277 g/mol. The Balaban J connectivity index is 2.81. The molecule has 0 spiro atoms. The summed E-state index contributed by atoms with van der Waals surface area (Å²) in [7, 11) is 0. The van der Waals surface area contributed by atoms with Crippen molar-refractivity contribution < 1.29 is 0 Å². The largest absolute Gasteiger partial charge is 0.314 e. The number of nitrogens with one attached hydrogen (secondary N) is 1. The minimum atomic E-state index is 0.446. The predicted molar refractivity (Wildman–Crippen MR) is 86.2 cm³/mol. The molecule has 1 N–H and O–H groups in total. The SMILES string of the molecule is CCC(C)c1nc(C)c(CC(C)CNC(C)C)c(C)n1. The van der Waals surface area contributed by atoms with Crippen LogP contribution in [-0.2, 0) is 6.42 Å². The van der Waals surface area contributed by atoms with Crippen LogP contribution >= 0.6 is 0 Å². The molecule has 0 aromatic carbocycles. The first-order valence-corrected chi connectivity index (χ1v) is 7.92. The molecular formula is C17H31N3. The van der Waals surface area contributed by atoms with Crippen LogP contribution in [0.3, 0.4) is 0 Å². The lowest BCUT2D eigenvalue weighted by molar-refractivity contribution is 0.473. The van der Waals surface area contributed by atoms with Crippen LogP contribution in [0.15, 0.2) is 0 Å². The lowest BCUT2D eigenvalue weighted by Gasteiger charge is -2.18. The topological polar surface area (TPSA) is 37.8 Å². The standard InChI is InChI=1S/C17H31N3/c1-8-13(5)17-19-14(6)16(15(7)20-17)9-12(4)10-18-11(2)3/h11-13,18H,8-10H2,1-7H3. The Labute approximate surface area is 124 Å². The van der Waals surface area contributed by atoms with Gasteiger partial charge in [0, 0.05) is 23.3 Å². The average molecular weight is 277 g/mol. The van der Waals surface area contributed by atoms with Gasteiger partial charge < -0.3 is 5.32 Å². The zero-order valence-electron chi connectivity index (χ0n) is 14.2. The van der Waals surface area contributed by atoms with Gasteiger partial charge in [0.25, 0.3) is 0 Å². The zero-order chi connectivity index (χ0) is 15.3. The molecule has 1 aromatic heterocycles. The van der Waals surface area contributed by atoms with Crippen molar-refractivity contribution in [2.75, 3.05) is 6.54 Å². The zero-order valence-corrected chi connectivity index (χ0v) is 14.2. The third-order valence-corrected chi connectivity index (χ3v) is 3.92. The summed E-state index contributed by atoms with van der Waals surface area (Å²) in [5.41, 5.74) is 3.64. The van der Waals surface area contributed by atoms with Crippen molar-refractivity contribution in [3.63, 3.8) is 0 Å². The van der Waals surface area contributed by atoms with Crippen LogP contribution in [0.4, 0.5) is 0 Å². The van der Waals surface area contributed by atoms with Crippen molar-refractivity contribution in [1.82, 2.24) is 15.3 Å². The fourth-order valence-electron chi connectivity index (χ4n) is 2.32. The molecule has 0 fully saturated rings. The minimum Gasteiger partial charge on any atom is -0.314 e. The molecule has 0 aliphatic heterocycles. The fourth-order valence-corrected chi connectivity index (χ4v) is 2.32. The van der Waals surface area contributed by atoms with E-state index in [0.717, 1.165) is 36.6 Å². The lowest BCUT2D eigenvalue weighted by atomic mass is 9.98. The summed E-state index contributed by atoms with van der Waals surface area (Å²) >= 11 is 0. The maximum Gasteiger partial charge on any atom is 0.131 e. The molecule has 1 heterocycles. The van der Waals surface area contributed by atoms with E-state index in [4.69, 9.17) is 9.97 Å². The quantitative estimate of drug-likeness (QED) is 0.824. The van der Waals surface area contributed by atoms with Crippen LogP contribution in [-0.4, -0.2) is 22.6 Å². The summed E-state index contributed by atoms with van der Waals surface area (Å²) in [6.45, 7) is 16.3. The third-order valence-electron chi connectivity index (χ3n) is 3.92. The predicted octanol–water partition coefficient (Wildman–Crippen LogP) is 3.78. The van der Waals surface area contributed by atoms with Crippen molar-refractivity contribution in [2.45, 2.75) is 73.3 Å². The van der Waals surface area contributed by atoms with E-state index >= 15 is 0 Å². The van der Waals surface area contributed by atoms with Crippen LogP contribution in [0, 0.1) is 19.8 Å². The fraction of sp³-hybridized carbons (Fsp3) is 0.765. The van der Waals surface area contributed by atoms with E-state index in [9.17, 15) is 0 Å². The van der Waals surface area contributed by atoms with E-state index in [1.807, 2.05) is 0 Å². The number of aromatic nitrogens is 2. The van der Waals surface area contributed by atoms with Crippen LogP contribution in [0.1, 0.15) is 69.7 Å². The summed E-state index contributed by atoms with van der Waals surface area (Å²) in [6.07, 6.45) is 2.14. The molecule has 0 saturated carbocycles. The molecule has 3 nitrogen and oxygen atoms in total. The van der Waals surface area contributed by atoms with E-state index in [1.165, 1.54) is 5.56 Å². The number of aryl methyl sites for hydroxylation is 2. The highest BCUT2D eigenvalue weighted by molar-refractivity contribution is 5.25. The smallest absolute Gasteiger partial charge is 0.131 e. The van der Waals surface area contributed by atoms with E-state index in [-0.39, 0.29) is 0 Å². The molecule has 2 unspecified atom stereocenters. The molecular weight excluding hydrogens is 246 g/mol. The van der Waals surface area contributed by atoms with Crippen LogP contribution < -0.4 is 5.32 Å². The lowest BCUT2D eigenvalue weighted by Crippen LogP contribution is -2.29.